The van der Waals surface area contributed by atoms with E-state index < -0.39 is 5.60 Å². The van der Waals surface area contributed by atoms with Crippen LogP contribution in [0.5, 0.6) is 0 Å². The fraction of sp³-hybridized carbons (Fsp3) is 0.588. The lowest BCUT2D eigenvalue weighted by Gasteiger charge is -2.32. The average molecular weight is 290 g/mol. The number of fused-ring (bicyclic) bond motifs is 1. The third-order valence-electron chi connectivity index (χ3n) is 3.48. The van der Waals surface area contributed by atoms with Crippen LogP contribution in [0.4, 0.5) is 10.5 Å². The van der Waals surface area contributed by atoms with Gasteiger partial charge in [0.15, 0.2) is 0 Å². The van der Waals surface area contributed by atoms with Crippen molar-refractivity contribution in [1.29, 1.82) is 0 Å². The van der Waals surface area contributed by atoms with Gasteiger partial charge in [-0.05, 0) is 50.8 Å². The highest BCUT2D eigenvalue weighted by Crippen LogP contribution is 2.27. The minimum atomic E-state index is -0.443. The number of carbonyl (C=O) groups is 1. The topological polar surface area (TPSA) is 41.6 Å². The van der Waals surface area contributed by atoms with Gasteiger partial charge in [0.1, 0.15) is 5.60 Å². The number of nitrogens with one attached hydrogen (secondary N) is 1. The Bertz CT molecular complexity index is 506. The van der Waals surface area contributed by atoms with E-state index in [9.17, 15) is 4.79 Å². The Morgan fingerprint density at radius 3 is 2.81 bits per heavy atom. The second-order valence-corrected chi connectivity index (χ2v) is 6.52. The lowest BCUT2D eigenvalue weighted by molar-refractivity contribution is 0.0224. The Morgan fingerprint density at radius 2 is 2.14 bits per heavy atom. The van der Waals surface area contributed by atoms with Gasteiger partial charge in [0.25, 0.3) is 0 Å². The second kappa shape index (κ2) is 6.37. The number of hydrogen-bond acceptors (Lipinski definition) is 3. The third kappa shape index (κ3) is 4.13. The molecule has 4 nitrogen and oxygen atoms in total. The van der Waals surface area contributed by atoms with Crippen LogP contribution in [0, 0.1) is 0 Å². The Morgan fingerprint density at radius 1 is 1.38 bits per heavy atom. The molecule has 1 heterocycles. The highest BCUT2D eigenvalue weighted by atomic mass is 16.6. The zero-order chi connectivity index (χ0) is 15.5. The molecule has 0 saturated heterocycles. The summed E-state index contributed by atoms with van der Waals surface area (Å²) < 4.78 is 5.46. The van der Waals surface area contributed by atoms with Crippen LogP contribution in [0.15, 0.2) is 18.2 Å². The predicted molar refractivity (Wildman–Crippen MR) is 85.6 cm³/mol. The zero-order valence-corrected chi connectivity index (χ0v) is 13.5. The summed E-state index contributed by atoms with van der Waals surface area (Å²) >= 11 is 0. The first-order chi connectivity index (χ1) is 9.90. The van der Waals surface area contributed by atoms with E-state index in [0.717, 1.165) is 19.4 Å². The van der Waals surface area contributed by atoms with Gasteiger partial charge in [-0.15, -0.1) is 0 Å². The summed E-state index contributed by atoms with van der Waals surface area (Å²) in [5.41, 5.74) is 3.32. The van der Waals surface area contributed by atoms with Crippen LogP contribution in [-0.2, 0) is 17.7 Å². The summed E-state index contributed by atoms with van der Waals surface area (Å²) in [7, 11) is 0. The molecule has 1 amide bonds. The largest absolute Gasteiger partial charge is 0.444 e. The maximum atomic E-state index is 12.2. The predicted octanol–water partition coefficient (Wildman–Crippen LogP) is 3.80. The van der Waals surface area contributed by atoms with Gasteiger partial charge >= 0.3 is 6.09 Å². The van der Waals surface area contributed by atoms with E-state index in [2.05, 4.69) is 30.4 Å². The molecular weight excluding hydrogens is 264 g/mol. The summed E-state index contributed by atoms with van der Waals surface area (Å²) in [6.07, 6.45) is 1.76. The number of benzene rings is 1. The van der Waals surface area contributed by atoms with Crippen molar-refractivity contribution in [2.45, 2.75) is 52.7 Å². The molecule has 1 aromatic carbocycles. The average Bonchev–Trinajstić information content (AvgIpc) is 2.42. The van der Waals surface area contributed by atoms with Gasteiger partial charge < -0.3 is 15.0 Å². The lowest BCUT2D eigenvalue weighted by atomic mass is 9.98. The van der Waals surface area contributed by atoms with Gasteiger partial charge in [-0.25, -0.2) is 4.79 Å². The van der Waals surface area contributed by atoms with Crippen molar-refractivity contribution in [1.82, 2.24) is 4.90 Å². The third-order valence-corrected chi connectivity index (χ3v) is 3.48. The van der Waals surface area contributed by atoms with Crippen LogP contribution in [0.2, 0.25) is 0 Å². The van der Waals surface area contributed by atoms with Gasteiger partial charge in [0, 0.05) is 25.3 Å². The normalized spacial score (nSPS) is 14.6. The fourth-order valence-electron chi connectivity index (χ4n) is 2.52. The van der Waals surface area contributed by atoms with Crippen molar-refractivity contribution in [2.24, 2.45) is 0 Å². The van der Waals surface area contributed by atoms with Crippen molar-refractivity contribution in [3.63, 3.8) is 0 Å². The molecule has 21 heavy (non-hydrogen) atoms. The lowest BCUT2D eigenvalue weighted by Crippen LogP contribution is -2.40. The standard InChI is InChI=1S/C17H26N2O2/c1-5-10-18-15-8-6-7-13-12-19(11-9-14(13)15)16(20)21-17(2,3)4/h6-8,18H,5,9-12H2,1-4H3. The minimum absolute atomic E-state index is 0.222. The number of anilines is 1. The van der Waals surface area contributed by atoms with Gasteiger partial charge in [-0.2, -0.15) is 0 Å². The second-order valence-electron chi connectivity index (χ2n) is 6.52. The molecule has 0 spiro atoms. The quantitative estimate of drug-likeness (QED) is 0.920. The monoisotopic (exact) mass is 290 g/mol. The Kier molecular flexibility index (Phi) is 4.76. The van der Waals surface area contributed by atoms with E-state index in [-0.39, 0.29) is 6.09 Å². The SMILES string of the molecule is CCCNc1cccc2c1CCN(C(=O)OC(C)(C)C)C2. The molecular formula is C17H26N2O2. The number of nitrogens with zero attached hydrogens (tertiary/aromatic N) is 1. The highest BCUT2D eigenvalue weighted by molar-refractivity contribution is 5.69. The number of amides is 1. The van der Waals surface area contributed by atoms with Crippen LogP contribution in [0.3, 0.4) is 0 Å². The number of hydrogen-bond donors (Lipinski definition) is 1. The number of ether oxygens (including phenoxy) is 1. The van der Waals surface area contributed by atoms with E-state index >= 15 is 0 Å². The maximum absolute atomic E-state index is 12.2. The first-order valence-electron chi connectivity index (χ1n) is 7.73. The molecule has 116 valence electrons. The van der Waals surface area contributed by atoms with E-state index in [4.69, 9.17) is 4.74 Å². The summed E-state index contributed by atoms with van der Waals surface area (Å²) in [5.74, 6) is 0. The Hall–Kier alpha value is -1.71. The summed E-state index contributed by atoms with van der Waals surface area (Å²) in [6, 6.07) is 6.27. The first-order valence-corrected chi connectivity index (χ1v) is 7.73. The summed E-state index contributed by atoms with van der Waals surface area (Å²) in [5, 5.41) is 3.47. The minimum Gasteiger partial charge on any atom is -0.444 e. The first kappa shape index (κ1) is 15.7. The van der Waals surface area contributed by atoms with E-state index in [0.29, 0.717) is 13.1 Å². The Labute approximate surface area is 127 Å². The van der Waals surface area contributed by atoms with Gasteiger partial charge in [0.05, 0.1) is 0 Å². The smallest absolute Gasteiger partial charge is 0.410 e. The van der Waals surface area contributed by atoms with Crippen LogP contribution >= 0.6 is 0 Å². The van der Waals surface area contributed by atoms with Gasteiger partial charge in [-0.3, -0.25) is 0 Å². The van der Waals surface area contributed by atoms with Crippen LogP contribution < -0.4 is 5.32 Å². The number of rotatable bonds is 3. The van der Waals surface area contributed by atoms with Gasteiger partial charge in [0.2, 0.25) is 0 Å². The number of carbonyl (C=O) groups excluding carboxylic acids is 1. The van der Waals surface area contributed by atoms with Crippen molar-refractivity contribution >= 4 is 11.8 Å². The molecule has 0 unspecified atom stereocenters. The van der Waals surface area contributed by atoms with E-state index in [1.165, 1.54) is 16.8 Å². The summed E-state index contributed by atoms with van der Waals surface area (Å²) in [6.45, 7) is 10.2. The van der Waals surface area contributed by atoms with E-state index in [1.807, 2.05) is 20.8 Å². The van der Waals surface area contributed by atoms with Crippen LogP contribution in [-0.4, -0.2) is 29.7 Å². The van der Waals surface area contributed by atoms with Crippen LogP contribution in [0.1, 0.15) is 45.2 Å². The molecule has 0 radical (unpaired) electrons. The molecule has 2 rings (SSSR count). The van der Waals surface area contributed by atoms with E-state index in [1.54, 1.807) is 4.90 Å². The highest BCUT2D eigenvalue weighted by Gasteiger charge is 2.26. The molecule has 0 saturated carbocycles. The molecule has 1 aliphatic rings. The molecule has 1 aromatic rings. The summed E-state index contributed by atoms with van der Waals surface area (Å²) in [4.78, 5) is 14.0. The van der Waals surface area contributed by atoms with Crippen molar-refractivity contribution in [3.8, 4) is 0 Å². The molecule has 0 fully saturated rings. The van der Waals surface area contributed by atoms with Crippen molar-refractivity contribution in [3.05, 3.63) is 29.3 Å². The van der Waals surface area contributed by atoms with Gasteiger partial charge in [-0.1, -0.05) is 19.1 Å². The molecule has 0 atom stereocenters. The Balaban J connectivity index is 2.09. The van der Waals surface area contributed by atoms with Crippen molar-refractivity contribution in [2.75, 3.05) is 18.4 Å². The molecule has 4 heteroatoms. The fourth-order valence-corrected chi connectivity index (χ4v) is 2.52. The zero-order valence-electron chi connectivity index (χ0n) is 13.5. The molecule has 0 bridgehead atoms. The molecule has 0 aliphatic carbocycles. The molecule has 1 aliphatic heterocycles. The van der Waals surface area contributed by atoms with Crippen LogP contribution in [0.25, 0.3) is 0 Å². The van der Waals surface area contributed by atoms with Crippen molar-refractivity contribution < 1.29 is 9.53 Å². The maximum Gasteiger partial charge on any atom is 0.410 e. The molecule has 0 aromatic heterocycles. The molecule has 1 N–H and O–H groups in total.